The zero-order valence-electron chi connectivity index (χ0n) is 7.43. The van der Waals surface area contributed by atoms with Gasteiger partial charge in [-0.1, -0.05) is 0 Å². The van der Waals surface area contributed by atoms with Crippen molar-refractivity contribution in [3.05, 3.63) is 29.6 Å². The van der Waals surface area contributed by atoms with Crippen LogP contribution in [0.1, 0.15) is 5.56 Å². The highest BCUT2D eigenvalue weighted by Gasteiger charge is 2.33. The monoisotopic (exact) mass is 206 g/mol. The van der Waals surface area contributed by atoms with E-state index in [4.69, 9.17) is 5.11 Å². The molecule has 1 aromatic rings. The second-order valence-corrected chi connectivity index (χ2v) is 2.71. The summed E-state index contributed by atoms with van der Waals surface area (Å²) in [4.78, 5) is 0. The highest BCUT2D eigenvalue weighted by atomic mass is 19.3. The van der Waals surface area contributed by atoms with Gasteiger partial charge in [0.05, 0.1) is 12.7 Å². The molecule has 0 unspecified atom stereocenters. The maximum Gasteiger partial charge on any atom is 0.298 e. The van der Waals surface area contributed by atoms with Crippen LogP contribution in [0.2, 0.25) is 0 Å². The standard InChI is InChI=1S/C9H9F3O2/c1-14-6-2-3-7(8(10)4-6)9(11,12)5-13/h2-4,13H,5H2,1H3. The van der Waals surface area contributed by atoms with E-state index in [1.54, 1.807) is 0 Å². The Morgan fingerprint density at radius 2 is 2.07 bits per heavy atom. The molecule has 1 aromatic carbocycles. The van der Waals surface area contributed by atoms with E-state index in [0.717, 1.165) is 12.1 Å². The minimum absolute atomic E-state index is 0.153. The van der Waals surface area contributed by atoms with Crippen LogP contribution in [-0.2, 0) is 5.92 Å². The van der Waals surface area contributed by atoms with Crippen LogP contribution in [0.15, 0.2) is 18.2 Å². The quantitative estimate of drug-likeness (QED) is 0.818. The van der Waals surface area contributed by atoms with Crippen LogP contribution < -0.4 is 4.74 Å². The van der Waals surface area contributed by atoms with Crippen molar-refractivity contribution in [2.45, 2.75) is 5.92 Å². The Bertz CT molecular complexity index is 326. The minimum Gasteiger partial charge on any atom is -0.497 e. The lowest BCUT2D eigenvalue weighted by molar-refractivity contribution is -0.0583. The smallest absolute Gasteiger partial charge is 0.298 e. The van der Waals surface area contributed by atoms with Crippen LogP contribution in [0.4, 0.5) is 13.2 Å². The lowest BCUT2D eigenvalue weighted by Gasteiger charge is -2.14. The van der Waals surface area contributed by atoms with Gasteiger partial charge < -0.3 is 9.84 Å². The molecule has 0 aliphatic heterocycles. The van der Waals surface area contributed by atoms with Crippen molar-refractivity contribution in [2.24, 2.45) is 0 Å². The normalized spacial score (nSPS) is 11.5. The molecule has 0 amide bonds. The van der Waals surface area contributed by atoms with Gasteiger partial charge in [-0.2, -0.15) is 8.78 Å². The second-order valence-electron chi connectivity index (χ2n) is 2.71. The van der Waals surface area contributed by atoms with E-state index in [1.807, 2.05) is 0 Å². The van der Waals surface area contributed by atoms with Crippen LogP contribution in [0.3, 0.4) is 0 Å². The van der Waals surface area contributed by atoms with Crippen LogP contribution in [0.5, 0.6) is 5.75 Å². The van der Waals surface area contributed by atoms with Crippen molar-refractivity contribution in [3.8, 4) is 5.75 Å². The number of alkyl halides is 2. The first-order valence-corrected chi connectivity index (χ1v) is 3.84. The molecule has 1 rings (SSSR count). The van der Waals surface area contributed by atoms with Gasteiger partial charge in [0.2, 0.25) is 0 Å². The van der Waals surface area contributed by atoms with E-state index in [1.165, 1.54) is 13.2 Å². The Morgan fingerprint density at radius 3 is 2.50 bits per heavy atom. The van der Waals surface area contributed by atoms with Crippen molar-refractivity contribution < 1.29 is 23.0 Å². The number of ether oxygens (including phenoxy) is 1. The first-order valence-electron chi connectivity index (χ1n) is 3.84. The molecule has 2 nitrogen and oxygen atoms in total. The van der Waals surface area contributed by atoms with E-state index in [2.05, 4.69) is 4.74 Å². The fraction of sp³-hybridized carbons (Fsp3) is 0.333. The predicted octanol–water partition coefficient (Wildman–Crippen LogP) is 1.92. The van der Waals surface area contributed by atoms with E-state index >= 15 is 0 Å². The van der Waals surface area contributed by atoms with Crippen LogP contribution in [-0.4, -0.2) is 18.8 Å². The Morgan fingerprint density at radius 1 is 1.43 bits per heavy atom. The fourth-order valence-electron chi connectivity index (χ4n) is 1.00. The molecule has 0 aliphatic rings. The Balaban J connectivity index is 3.12. The highest BCUT2D eigenvalue weighted by Crippen LogP contribution is 2.31. The Hall–Kier alpha value is -1.23. The van der Waals surface area contributed by atoms with Gasteiger partial charge in [0.25, 0.3) is 5.92 Å². The summed E-state index contributed by atoms with van der Waals surface area (Å²) in [6.45, 7) is -1.42. The zero-order valence-corrected chi connectivity index (χ0v) is 7.43. The van der Waals surface area contributed by atoms with E-state index in [0.29, 0.717) is 0 Å². The maximum absolute atomic E-state index is 13.0. The topological polar surface area (TPSA) is 29.5 Å². The van der Waals surface area contributed by atoms with Crippen molar-refractivity contribution >= 4 is 0 Å². The lowest BCUT2D eigenvalue weighted by atomic mass is 10.1. The summed E-state index contributed by atoms with van der Waals surface area (Å²) < 4.78 is 43.4. The Kier molecular flexibility index (Phi) is 3.00. The molecule has 0 radical (unpaired) electrons. The molecular formula is C9H9F3O2. The molecule has 0 aliphatic carbocycles. The van der Waals surface area contributed by atoms with Gasteiger partial charge in [0, 0.05) is 6.07 Å². The maximum atomic E-state index is 13.0. The SMILES string of the molecule is COc1ccc(C(F)(F)CO)c(F)c1. The third-order valence-corrected chi connectivity index (χ3v) is 1.77. The highest BCUT2D eigenvalue weighted by molar-refractivity contribution is 5.31. The third-order valence-electron chi connectivity index (χ3n) is 1.77. The van der Waals surface area contributed by atoms with E-state index in [-0.39, 0.29) is 5.75 Å². The first kappa shape index (κ1) is 10.8. The molecule has 0 spiro atoms. The number of aliphatic hydroxyl groups is 1. The van der Waals surface area contributed by atoms with Crippen molar-refractivity contribution in [2.75, 3.05) is 13.7 Å². The summed E-state index contributed by atoms with van der Waals surface area (Å²) >= 11 is 0. The van der Waals surface area contributed by atoms with Crippen LogP contribution in [0, 0.1) is 5.82 Å². The summed E-state index contributed by atoms with van der Waals surface area (Å²) in [5, 5.41) is 8.35. The summed E-state index contributed by atoms with van der Waals surface area (Å²) in [5.74, 6) is -4.50. The van der Waals surface area contributed by atoms with Crippen molar-refractivity contribution in [3.63, 3.8) is 0 Å². The van der Waals surface area contributed by atoms with Gasteiger partial charge in [-0.25, -0.2) is 4.39 Å². The van der Waals surface area contributed by atoms with E-state index in [9.17, 15) is 13.2 Å². The molecule has 0 atom stereocenters. The summed E-state index contributed by atoms with van der Waals surface area (Å²) in [5.41, 5.74) is -0.833. The number of methoxy groups -OCH3 is 1. The average molecular weight is 206 g/mol. The van der Waals surface area contributed by atoms with E-state index < -0.39 is 23.9 Å². The molecule has 1 N–H and O–H groups in total. The second kappa shape index (κ2) is 3.88. The number of benzene rings is 1. The van der Waals surface area contributed by atoms with Crippen molar-refractivity contribution in [1.82, 2.24) is 0 Å². The van der Waals surface area contributed by atoms with Gasteiger partial charge >= 0.3 is 0 Å². The predicted molar refractivity (Wildman–Crippen MR) is 43.9 cm³/mol. The molecule has 0 saturated heterocycles. The number of hydrogen-bond donors (Lipinski definition) is 1. The van der Waals surface area contributed by atoms with Crippen LogP contribution in [0.25, 0.3) is 0 Å². The van der Waals surface area contributed by atoms with Gasteiger partial charge in [-0.3, -0.25) is 0 Å². The summed E-state index contributed by atoms with van der Waals surface area (Å²) in [7, 11) is 1.30. The van der Waals surface area contributed by atoms with Gasteiger partial charge in [0.1, 0.15) is 18.2 Å². The molecule has 0 bridgehead atoms. The van der Waals surface area contributed by atoms with Crippen LogP contribution >= 0.6 is 0 Å². The van der Waals surface area contributed by atoms with Gasteiger partial charge in [0.15, 0.2) is 0 Å². The average Bonchev–Trinajstić information content (AvgIpc) is 2.17. The molecule has 5 heteroatoms. The summed E-state index contributed by atoms with van der Waals surface area (Å²) in [6, 6.07) is 2.95. The lowest BCUT2D eigenvalue weighted by Crippen LogP contribution is -2.20. The van der Waals surface area contributed by atoms with Crippen molar-refractivity contribution in [1.29, 1.82) is 0 Å². The molecule has 0 saturated carbocycles. The number of rotatable bonds is 3. The largest absolute Gasteiger partial charge is 0.497 e. The molecule has 0 aromatic heterocycles. The Labute approximate surface area is 78.9 Å². The molecule has 0 heterocycles. The fourth-order valence-corrected chi connectivity index (χ4v) is 1.00. The summed E-state index contributed by atoms with van der Waals surface area (Å²) in [6.07, 6.45) is 0. The van der Waals surface area contributed by atoms with Gasteiger partial charge in [-0.05, 0) is 12.1 Å². The van der Waals surface area contributed by atoms with Gasteiger partial charge in [-0.15, -0.1) is 0 Å². The molecule has 14 heavy (non-hydrogen) atoms. The number of aliphatic hydroxyl groups excluding tert-OH is 1. The molecule has 0 fully saturated rings. The first-order chi connectivity index (χ1) is 6.51. The zero-order chi connectivity index (χ0) is 10.8. The number of halogens is 3. The number of hydrogen-bond acceptors (Lipinski definition) is 2. The third kappa shape index (κ3) is 1.98. The minimum atomic E-state index is -3.56. The molecule has 78 valence electrons. The molecular weight excluding hydrogens is 197 g/mol.